The Kier molecular flexibility index (Phi) is 5.16. The highest BCUT2D eigenvalue weighted by Crippen LogP contribution is 2.20. The highest BCUT2D eigenvalue weighted by atomic mass is 16.5. The average molecular weight is 313 g/mol. The van der Waals surface area contributed by atoms with Crippen molar-refractivity contribution in [3.8, 4) is 11.5 Å². The van der Waals surface area contributed by atoms with E-state index in [1.165, 1.54) is 11.1 Å². The van der Waals surface area contributed by atoms with Crippen LogP contribution in [0.5, 0.6) is 11.5 Å². The zero-order chi connectivity index (χ0) is 16.1. The number of fused-ring (bicyclic) bond motifs is 1. The minimum atomic E-state index is -0.508. The van der Waals surface area contributed by atoms with Crippen molar-refractivity contribution < 1.29 is 14.6 Å². The first-order valence-corrected chi connectivity index (χ1v) is 7.98. The second-order valence-electron chi connectivity index (χ2n) is 5.90. The lowest BCUT2D eigenvalue weighted by Crippen LogP contribution is -2.38. The Bertz CT molecular complexity index is 644. The maximum atomic E-state index is 10.2. The number of methoxy groups -OCH3 is 1. The number of nitrogens with zero attached hydrogens (tertiary/aromatic N) is 1. The molecule has 1 aliphatic heterocycles. The van der Waals surface area contributed by atoms with E-state index < -0.39 is 6.10 Å². The van der Waals surface area contributed by atoms with E-state index in [4.69, 9.17) is 9.47 Å². The Morgan fingerprint density at radius 2 is 1.87 bits per heavy atom. The molecule has 4 heteroatoms. The van der Waals surface area contributed by atoms with Gasteiger partial charge in [0.1, 0.15) is 24.2 Å². The predicted octanol–water partition coefficient (Wildman–Crippen LogP) is 2.49. The van der Waals surface area contributed by atoms with Crippen molar-refractivity contribution >= 4 is 0 Å². The molecule has 1 heterocycles. The second-order valence-corrected chi connectivity index (χ2v) is 5.90. The van der Waals surface area contributed by atoms with E-state index >= 15 is 0 Å². The van der Waals surface area contributed by atoms with Gasteiger partial charge >= 0.3 is 0 Å². The maximum absolute atomic E-state index is 10.2. The molecule has 0 saturated heterocycles. The van der Waals surface area contributed by atoms with Gasteiger partial charge in [0.15, 0.2) is 0 Å². The molecule has 0 aromatic heterocycles. The van der Waals surface area contributed by atoms with Crippen LogP contribution < -0.4 is 9.47 Å². The molecule has 2 aromatic carbocycles. The third-order valence-electron chi connectivity index (χ3n) is 4.16. The molecule has 1 atom stereocenters. The number of aliphatic hydroxyl groups excluding tert-OH is 1. The van der Waals surface area contributed by atoms with Crippen LogP contribution in [0.4, 0.5) is 0 Å². The number of hydrogen-bond donors (Lipinski definition) is 1. The molecule has 0 saturated carbocycles. The van der Waals surface area contributed by atoms with Gasteiger partial charge in [-0.15, -0.1) is 0 Å². The molecule has 0 fully saturated rings. The molecule has 2 aromatic rings. The summed E-state index contributed by atoms with van der Waals surface area (Å²) >= 11 is 0. The van der Waals surface area contributed by atoms with Gasteiger partial charge in [0.05, 0.1) is 7.11 Å². The molecule has 0 unspecified atom stereocenters. The monoisotopic (exact) mass is 313 g/mol. The van der Waals surface area contributed by atoms with Crippen molar-refractivity contribution in [1.82, 2.24) is 4.90 Å². The fourth-order valence-corrected chi connectivity index (χ4v) is 2.94. The third-order valence-corrected chi connectivity index (χ3v) is 4.16. The molecule has 0 amide bonds. The molecular weight excluding hydrogens is 290 g/mol. The van der Waals surface area contributed by atoms with Crippen LogP contribution in [0.3, 0.4) is 0 Å². The SMILES string of the molecule is COc1cccc(OC[C@@H](O)CN2CCc3ccccc3C2)c1. The smallest absolute Gasteiger partial charge is 0.123 e. The summed E-state index contributed by atoms with van der Waals surface area (Å²) in [4.78, 5) is 2.28. The summed E-state index contributed by atoms with van der Waals surface area (Å²) in [6, 6.07) is 16.0. The average Bonchev–Trinajstić information content (AvgIpc) is 2.60. The molecule has 0 bridgehead atoms. The van der Waals surface area contributed by atoms with Crippen LogP contribution in [0.1, 0.15) is 11.1 Å². The Morgan fingerprint density at radius 1 is 1.09 bits per heavy atom. The maximum Gasteiger partial charge on any atom is 0.123 e. The second kappa shape index (κ2) is 7.49. The Labute approximate surface area is 137 Å². The van der Waals surface area contributed by atoms with Gasteiger partial charge in [0.2, 0.25) is 0 Å². The van der Waals surface area contributed by atoms with Crippen LogP contribution >= 0.6 is 0 Å². The van der Waals surface area contributed by atoms with Gasteiger partial charge < -0.3 is 14.6 Å². The van der Waals surface area contributed by atoms with E-state index in [-0.39, 0.29) is 6.61 Å². The van der Waals surface area contributed by atoms with Crippen molar-refractivity contribution in [3.63, 3.8) is 0 Å². The summed E-state index contributed by atoms with van der Waals surface area (Å²) in [6.45, 7) is 2.78. The van der Waals surface area contributed by atoms with Gasteiger partial charge in [0, 0.05) is 25.7 Å². The Balaban J connectivity index is 1.49. The largest absolute Gasteiger partial charge is 0.497 e. The minimum absolute atomic E-state index is 0.283. The first kappa shape index (κ1) is 15.8. The van der Waals surface area contributed by atoms with Gasteiger partial charge in [0.25, 0.3) is 0 Å². The lowest BCUT2D eigenvalue weighted by atomic mass is 10.00. The van der Waals surface area contributed by atoms with Gasteiger partial charge in [-0.2, -0.15) is 0 Å². The summed E-state index contributed by atoms with van der Waals surface area (Å²) in [5, 5.41) is 10.2. The number of rotatable bonds is 6. The molecule has 0 radical (unpaired) electrons. The molecule has 0 aliphatic carbocycles. The van der Waals surface area contributed by atoms with E-state index in [2.05, 4.69) is 29.2 Å². The normalized spacial score (nSPS) is 15.7. The van der Waals surface area contributed by atoms with E-state index in [0.717, 1.165) is 25.3 Å². The number of benzene rings is 2. The zero-order valence-corrected chi connectivity index (χ0v) is 13.4. The molecule has 122 valence electrons. The summed E-state index contributed by atoms with van der Waals surface area (Å²) in [6.07, 6.45) is 0.533. The number of aliphatic hydroxyl groups is 1. The van der Waals surface area contributed by atoms with Crippen molar-refractivity contribution in [1.29, 1.82) is 0 Å². The summed E-state index contributed by atoms with van der Waals surface area (Å²) in [5.41, 5.74) is 2.78. The first-order chi connectivity index (χ1) is 11.2. The van der Waals surface area contributed by atoms with Crippen LogP contribution in [-0.2, 0) is 13.0 Å². The summed E-state index contributed by atoms with van der Waals surface area (Å²) in [7, 11) is 1.63. The first-order valence-electron chi connectivity index (χ1n) is 7.98. The van der Waals surface area contributed by atoms with Gasteiger partial charge in [-0.3, -0.25) is 4.90 Å². The van der Waals surface area contributed by atoms with Crippen molar-refractivity contribution in [2.45, 2.75) is 19.1 Å². The van der Waals surface area contributed by atoms with Crippen molar-refractivity contribution in [2.75, 3.05) is 26.8 Å². The van der Waals surface area contributed by atoms with E-state index in [1.54, 1.807) is 7.11 Å². The Morgan fingerprint density at radius 3 is 2.70 bits per heavy atom. The minimum Gasteiger partial charge on any atom is -0.497 e. The van der Waals surface area contributed by atoms with Gasteiger partial charge in [-0.1, -0.05) is 30.3 Å². The van der Waals surface area contributed by atoms with E-state index in [1.807, 2.05) is 24.3 Å². The van der Waals surface area contributed by atoms with Crippen LogP contribution in [0, 0.1) is 0 Å². The molecular formula is C19H23NO3. The third kappa shape index (κ3) is 4.24. The number of ether oxygens (including phenoxy) is 2. The van der Waals surface area contributed by atoms with E-state index in [0.29, 0.717) is 12.3 Å². The van der Waals surface area contributed by atoms with Crippen LogP contribution in [0.15, 0.2) is 48.5 Å². The Hall–Kier alpha value is -2.04. The van der Waals surface area contributed by atoms with Crippen molar-refractivity contribution in [3.05, 3.63) is 59.7 Å². The fraction of sp³-hybridized carbons (Fsp3) is 0.368. The molecule has 23 heavy (non-hydrogen) atoms. The molecule has 3 rings (SSSR count). The van der Waals surface area contributed by atoms with Gasteiger partial charge in [-0.05, 0) is 29.7 Å². The zero-order valence-electron chi connectivity index (χ0n) is 13.4. The fourth-order valence-electron chi connectivity index (χ4n) is 2.94. The highest BCUT2D eigenvalue weighted by molar-refractivity contribution is 5.33. The molecule has 1 N–H and O–H groups in total. The molecule has 0 spiro atoms. The van der Waals surface area contributed by atoms with Crippen LogP contribution in [0.2, 0.25) is 0 Å². The lowest BCUT2D eigenvalue weighted by Gasteiger charge is -2.30. The standard InChI is InChI=1S/C19H23NO3/c1-22-18-7-4-8-19(11-18)23-14-17(21)13-20-10-9-15-5-2-3-6-16(15)12-20/h2-8,11,17,21H,9-10,12-14H2,1H3/t17-/m0/s1. The van der Waals surface area contributed by atoms with E-state index in [9.17, 15) is 5.11 Å². The number of β-amino-alcohol motifs (C(OH)–C–C–N with tert-alkyl or cyclic N) is 1. The lowest BCUT2D eigenvalue weighted by molar-refractivity contribution is 0.0637. The van der Waals surface area contributed by atoms with Crippen LogP contribution in [-0.4, -0.2) is 42.9 Å². The quantitative estimate of drug-likeness (QED) is 0.890. The molecule has 1 aliphatic rings. The summed E-state index contributed by atoms with van der Waals surface area (Å²) in [5.74, 6) is 1.47. The predicted molar refractivity (Wildman–Crippen MR) is 89.9 cm³/mol. The van der Waals surface area contributed by atoms with Crippen LogP contribution in [0.25, 0.3) is 0 Å². The number of hydrogen-bond acceptors (Lipinski definition) is 4. The van der Waals surface area contributed by atoms with Crippen molar-refractivity contribution in [2.24, 2.45) is 0 Å². The van der Waals surface area contributed by atoms with Gasteiger partial charge in [-0.25, -0.2) is 0 Å². The topological polar surface area (TPSA) is 41.9 Å². The summed E-state index contributed by atoms with van der Waals surface area (Å²) < 4.78 is 10.8. The highest BCUT2D eigenvalue weighted by Gasteiger charge is 2.18. The molecule has 4 nitrogen and oxygen atoms in total.